The highest BCUT2D eigenvalue weighted by atomic mass is 32.1. The van der Waals surface area contributed by atoms with Crippen molar-refractivity contribution in [3.05, 3.63) is 52.1 Å². The van der Waals surface area contributed by atoms with Gasteiger partial charge in [-0.1, -0.05) is 0 Å². The van der Waals surface area contributed by atoms with E-state index in [0.717, 1.165) is 0 Å². The third kappa shape index (κ3) is 21.7. The summed E-state index contributed by atoms with van der Waals surface area (Å²) in [6, 6.07) is 5.07. The van der Waals surface area contributed by atoms with Crippen LogP contribution in [0.3, 0.4) is 0 Å². The summed E-state index contributed by atoms with van der Waals surface area (Å²) < 4.78 is 37.7. The van der Waals surface area contributed by atoms with E-state index in [0.29, 0.717) is 90.5 Å². The zero-order valence-electron chi connectivity index (χ0n) is 35.5. The van der Waals surface area contributed by atoms with Crippen molar-refractivity contribution in [2.24, 2.45) is 5.92 Å². The molecule has 348 valence electrons. The minimum atomic E-state index is -1.25. The predicted molar refractivity (Wildman–Crippen MR) is 232 cm³/mol. The fraction of sp³-hybridized carbons (Fsp3) is 0.585. The molecule has 1 amide bonds. The van der Waals surface area contributed by atoms with E-state index in [9.17, 15) is 33.9 Å². The molecule has 2 aromatic heterocycles. The largest absolute Gasteiger partial charge is 0.480 e. The van der Waals surface area contributed by atoms with Gasteiger partial charge in [-0.25, -0.2) is 14.8 Å². The Morgan fingerprint density at radius 3 is 1.95 bits per heavy atom. The number of nitrogens with zero attached hydrogens (tertiary/aromatic N) is 3. The zero-order chi connectivity index (χ0) is 45.7. The molecule has 0 fully saturated rings. The molecule has 0 radical (unpaired) electrons. The number of H-pyrrole nitrogens is 1. The number of nitrogens with one attached hydrogen (secondary N) is 3. The minimum absolute atomic E-state index is 0.0170. The number of carboxylic acids is 1. The lowest BCUT2D eigenvalue weighted by molar-refractivity contribution is -0.148. The van der Waals surface area contributed by atoms with Gasteiger partial charge in [0.05, 0.1) is 104 Å². The van der Waals surface area contributed by atoms with E-state index in [1.165, 1.54) is 18.3 Å². The second-order valence-corrected chi connectivity index (χ2v) is 14.1. The number of ketones is 2. The Bertz CT molecular complexity index is 1920. The first kappa shape index (κ1) is 52.2. The number of hydrogen-bond acceptors (Lipinski definition) is 19. The van der Waals surface area contributed by atoms with Crippen molar-refractivity contribution in [2.45, 2.75) is 58.0 Å². The van der Waals surface area contributed by atoms with Crippen LogP contribution in [0.25, 0.3) is 11.2 Å². The Morgan fingerprint density at radius 1 is 0.794 bits per heavy atom. The molecule has 3 rings (SSSR count). The molecule has 0 saturated carbocycles. The smallest absolute Gasteiger partial charge is 0.326 e. The molecule has 0 bridgehead atoms. The number of hydrogen-bond donors (Lipinski definition) is 6. The highest BCUT2D eigenvalue weighted by molar-refractivity contribution is 7.80. The minimum Gasteiger partial charge on any atom is -0.480 e. The molecule has 6 N–H and O–H groups in total. The van der Waals surface area contributed by atoms with E-state index in [1.54, 1.807) is 19.1 Å². The topological polar surface area (TPSA) is 292 Å². The van der Waals surface area contributed by atoms with Crippen LogP contribution in [0.5, 0.6) is 0 Å². The molecule has 0 unspecified atom stereocenters. The van der Waals surface area contributed by atoms with Crippen molar-refractivity contribution in [3.63, 3.8) is 0 Å². The van der Waals surface area contributed by atoms with Gasteiger partial charge in [0, 0.05) is 49.3 Å². The van der Waals surface area contributed by atoms with Crippen LogP contribution in [0.2, 0.25) is 0 Å². The number of fused-ring (bicyclic) bond motifs is 1. The Hall–Kier alpha value is -5.10. The second-order valence-electron chi connectivity index (χ2n) is 13.8. The summed E-state index contributed by atoms with van der Waals surface area (Å²) in [5.41, 5.74) is 6.55. The van der Waals surface area contributed by atoms with Crippen LogP contribution >= 0.6 is 12.6 Å². The Labute approximate surface area is 370 Å². The Balaban J connectivity index is 1.11. The molecule has 0 aliphatic rings. The summed E-state index contributed by atoms with van der Waals surface area (Å²) in [6.45, 7) is 6.54. The van der Waals surface area contributed by atoms with Crippen molar-refractivity contribution in [2.75, 3.05) is 103 Å². The molecule has 22 heteroatoms. The number of aromatic amines is 1. The number of nitrogen functional groups attached to an aromatic ring is 1. The predicted octanol–water partition coefficient (Wildman–Crippen LogP) is 1.78. The number of anilines is 2. The number of rotatable bonds is 36. The third-order valence-corrected chi connectivity index (χ3v) is 9.31. The van der Waals surface area contributed by atoms with Crippen LogP contribution < -0.4 is 21.9 Å². The molecule has 2 heterocycles. The van der Waals surface area contributed by atoms with Crippen LogP contribution in [0.4, 0.5) is 11.6 Å². The Kier molecular flexibility index (Phi) is 25.6. The number of aliphatic carboxylic acids is 1. The molecule has 0 aliphatic carbocycles. The number of nitrogens with two attached hydrogens (primary N) is 1. The number of Topliss-reactive ketones (excluding diaryl/α,β-unsaturated/α-hetero) is 2. The average molecular weight is 906 g/mol. The maximum Gasteiger partial charge on any atom is 0.326 e. The van der Waals surface area contributed by atoms with Gasteiger partial charge in [0.2, 0.25) is 5.95 Å². The quantitative estimate of drug-likeness (QED) is 0.0275. The van der Waals surface area contributed by atoms with Crippen molar-refractivity contribution in [3.8, 4) is 0 Å². The summed E-state index contributed by atoms with van der Waals surface area (Å²) in [5, 5.41) is 15.2. The van der Waals surface area contributed by atoms with Crippen molar-refractivity contribution < 1.29 is 62.2 Å². The van der Waals surface area contributed by atoms with Crippen LogP contribution in [-0.4, -0.2) is 152 Å². The van der Waals surface area contributed by atoms with Gasteiger partial charge in [-0.15, -0.1) is 0 Å². The monoisotopic (exact) mass is 905 g/mol. The first-order valence-corrected chi connectivity index (χ1v) is 21.3. The van der Waals surface area contributed by atoms with Gasteiger partial charge in [-0.05, 0) is 44.0 Å². The van der Waals surface area contributed by atoms with E-state index in [-0.39, 0.29) is 91.9 Å². The number of ether oxygens (including phenoxy) is 7. The highest BCUT2D eigenvalue weighted by Crippen LogP contribution is 2.13. The summed E-state index contributed by atoms with van der Waals surface area (Å²) in [4.78, 5) is 87.6. The lowest BCUT2D eigenvalue weighted by Gasteiger charge is -2.14. The average Bonchev–Trinajstić information content (AvgIpc) is 3.26. The first-order chi connectivity index (χ1) is 30.5. The lowest BCUT2D eigenvalue weighted by atomic mass is 10.0. The van der Waals surface area contributed by atoms with Gasteiger partial charge in [-0.3, -0.25) is 29.0 Å². The van der Waals surface area contributed by atoms with Gasteiger partial charge in [0.25, 0.3) is 11.5 Å². The number of esters is 1. The molecule has 1 aromatic carbocycles. The molecule has 0 spiro atoms. The molecule has 0 aliphatic heterocycles. The number of carboxylic acid groups (broad SMARTS) is 1. The van der Waals surface area contributed by atoms with Crippen molar-refractivity contribution >= 4 is 64.8 Å². The molecular formula is C41H59N7O14S. The van der Waals surface area contributed by atoms with Gasteiger partial charge < -0.3 is 54.6 Å². The Morgan fingerprint density at radius 2 is 1.38 bits per heavy atom. The summed E-state index contributed by atoms with van der Waals surface area (Å²) >= 11 is 4.12. The molecule has 3 aromatic rings. The van der Waals surface area contributed by atoms with E-state index >= 15 is 0 Å². The summed E-state index contributed by atoms with van der Waals surface area (Å²) in [6.07, 6.45) is 2.36. The molecule has 63 heavy (non-hydrogen) atoms. The normalized spacial score (nSPS) is 12.2. The number of thiol groups is 1. The highest BCUT2D eigenvalue weighted by Gasteiger charge is 2.23. The standard InChI is InChI=1S/C41H59N7O14S/c1-2-62-40(55)29(27-63)24-33(50)11-13-57-15-17-59-19-21-61-23-22-60-20-18-58-16-14-56-12-3-4-32(49)9-10-34(39(53)54)46-37(51)28-5-7-30(8-6-28)43-25-31-26-44-36-35(45-31)38(52)48-41(42)47-36/h5-8,26,29,34,43,63H,2-4,9-25,27H2,1H3,(H,46,51)(H,53,54)(H3,42,44,47,48,52)/t29-,34-/m0/s1. The third-order valence-electron chi connectivity index (χ3n) is 8.87. The van der Waals surface area contributed by atoms with Gasteiger partial charge >= 0.3 is 11.9 Å². The van der Waals surface area contributed by atoms with Crippen LogP contribution in [0.15, 0.2) is 35.3 Å². The molecule has 2 atom stereocenters. The van der Waals surface area contributed by atoms with Gasteiger partial charge in [0.1, 0.15) is 17.6 Å². The number of carbonyl (C=O) groups is 5. The van der Waals surface area contributed by atoms with Crippen LogP contribution in [0.1, 0.15) is 61.5 Å². The van der Waals surface area contributed by atoms with Gasteiger partial charge in [-0.2, -0.15) is 17.6 Å². The van der Waals surface area contributed by atoms with E-state index in [2.05, 4.69) is 43.2 Å². The number of benzene rings is 1. The van der Waals surface area contributed by atoms with Crippen molar-refractivity contribution in [1.82, 2.24) is 25.3 Å². The second kappa shape index (κ2) is 30.9. The maximum absolute atomic E-state index is 12.8. The fourth-order valence-corrected chi connectivity index (χ4v) is 5.81. The van der Waals surface area contributed by atoms with E-state index < -0.39 is 35.4 Å². The van der Waals surface area contributed by atoms with E-state index in [1.807, 2.05) is 0 Å². The van der Waals surface area contributed by atoms with Crippen LogP contribution in [0, 0.1) is 5.92 Å². The van der Waals surface area contributed by atoms with Crippen molar-refractivity contribution in [1.29, 1.82) is 0 Å². The number of carbonyl (C=O) groups excluding carboxylic acids is 4. The summed E-state index contributed by atoms with van der Waals surface area (Å²) in [5.74, 6) is -2.81. The number of aromatic nitrogens is 4. The number of amides is 1. The van der Waals surface area contributed by atoms with Gasteiger partial charge in [0.15, 0.2) is 11.2 Å². The zero-order valence-corrected chi connectivity index (χ0v) is 36.4. The first-order valence-electron chi connectivity index (χ1n) is 20.7. The SMILES string of the molecule is CCOC(=O)[C@H](CS)CC(=O)CCOCCOCCOCCOCCOCCOCCCC(=O)CC[C@H](NC(=O)c1ccc(NCc2cnc3nc(N)[nH]c(=O)c3n2)cc1)C(=O)O. The fourth-order valence-electron chi connectivity index (χ4n) is 5.54. The molecular weight excluding hydrogens is 847 g/mol. The maximum atomic E-state index is 12.8. The molecule has 21 nitrogen and oxygen atoms in total. The summed E-state index contributed by atoms with van der Waals surface area (Å²) in [7, 11) is 0. The lowest BCUT2D eigenvalue weighted by Crippen LogP contribution is -2.41. The van der Waals surface area contributed by atoms with E-state index in [4.69, 9.17) is 38.9 Å². The van der Waals surface area contributed by atoms with Crippen LogP contribution in [-0.2, 0) is 58.9 Å². The molecule has 0 saturated heterocycles.